The van der Waals surface area contributed by atoms with Crippen molar-refractivity contribution in [3.8, 4) is 0 Å². The number of nitrogens with two attached hydrogens (primary N) is 1. The van der Waals surface area contributed by atoms with E-state index >= 15 is 0 Å². The molecule has 1 heterocycles. The number of anilines is 1. The molecule has 0 bridgehead atoms. The number of carbonyl (C=O) groups excluding carboxylic acids is 5. The van der Waals surface area contributed by atoms with Crippen LogP contribution in [0.3, 0.4) is 0 Å². The molecule has 1 aromatic heterocycles. The predicted molar refractivity (Wildman–Crippen MR) is 209 cm³/mol. The third kappa shape index (κ3) is 6.81. The van der Waals surface area contributed by atoms with Crippen molar-refractivity contribution >= 4 is 45.9 Å². The number of hydrogen-bond donors (Lipinski definition) is 4. The second-order valence-corrected chi connectivity index (χ2v) is 17.2. The summed E-state index contributed by atoms with van der Waals surface area (Å²) in [6, 6.07) is 14.5. The van der Waals surface area contributed by atoms with Gasteiger partial charge in [-0.05, 0) is 97.2 Å². The van der Waals surface area contributed by atoms with Gasteiger partial charge in [-0.15, -0.1) is 0 Å². The molecule has 3 aromatic rings. The van der Waals surface area contributed by atoms with Crippen molar-refractivity contribution in [2.24, 2.45) is 46.2 Å². The molecular weight excluding hydrogens is 727 g/mol. The average Bonchev–Trinajstić information content (AvgIpc) is 3.96. The first-order valence-corrected chi connectivity index (χ1v) is 19.9. The number of nitrogens with one attached hydrogen (secondary N) is 1. The summed E-state index contributed by atoms with van der Waals surface area (Å²) in [5.74, 6) is -4.27. The van der Waals surface area contributed by atoms with E-state index < -0.39 is 64.6 Å². The van der Waals surface area contributed by atoms with Crippen molar-refractivity contribution in [1.82, 2.24) is 4.98 Å². The lowest BCUT2D eigenvalue weighted by Crippen LogP contribution is -2.61. The summed E-state index contributed by atoms with van der Waals surface area (Å²) in [6.07, 6.45) is 10.6. The van der Waals surface area contributed by atoms with Crippen molar-refractivity contribution in [3.05, 3.63) is 95.9 Å². The topological polar surface area (TPSA) is 195 Å². The first kappa shape index (κ1) is 38.8. The molecular formula is C45H49N3O9. The summed E-state index contributed by atoms with van der Waals surface area (Å²) < 4.78 is 10.9. The number of nitrogens with zero attached hydrogens (tertiary/aromatic N) is 1. The lowest BCUT2D eigenvalue weighted by atomic mass is 9.46. The molecule has 0 aliphatic heterocycles. The number of aromatic nitrogens is 1. The number of pyridine rings is 1. The molecule has 12 heteroatoms. The van der Waals surface area contributed by atoms with Crippen LogP contribution in [0.15, 0.2) is 84.7 Å². The van der Waals surface area contributed by atoms with Crippen molar-refractivity contribution in [2.75, 3.05) is 18.5 Å². The number of amides is 1. The van der Waals surface area contributed by atoms with Gasteiger partial charge in [-0.25, -0.2) is 0 Å². The first-order chi connectivity index (χ1) is 27.3. The van der Waals surface area contributed by atoms with E-state index in [1.807, 2.05) is 37.3 Å². The lowest BCUT2D eigenvalue weighted by molar-refractivity contribution is -0.181. The number of hydrogen-bond acceptors (Lipinski definition) is 11. The highest BCUT2D eigenvalue weighted by atomic mass is 16.5. The van der Waals surface area contributed by atoms with E-state index in [1.165, 1.54) is 0 Å². The molecule has 1 amide bonds. The van der Waals surface area contributed by atoms with Gasteiger partial charge in [-0.3, -0.25) is 29.0 Å². The van der Waals surface area contributed by atoms with Crippen molar-refractivity contribution in [3.63, 3.8) is 0 Å². The number of carbonyl (C=O) groups is 5. The molecule has 5 N–H and O–H groups in total. The standard InChI is InChI=1S/C45H49N3O9/c1-43-14-11-31(49)18-29(43)8-10-32-36-12-15-45(55,44(36,2)20-37(50)39(32)43)38(51)24-57-42(54)34-19-33(34)41(53)56-23-25-3-5-26(6-4-25)35(21-46)40(52)48-30-9-7-28-22-47-16-13-27(28)17-30/h3-7,9,11,13-14,16-18,22,32-37,39,50,55H,8,10,12,15,19-21,23-24,46H2,1-2H3,(H,48,52)/t32-,33?,34?,35?,36-,37-,39+,43-,44-,45-/m0/s1. The van der Waals surface area contributed by atoms with E-state index in [-0.39, 0.29) is 61.9 Å². The third-order valence-electron chi connectivity index (χ3n) is 14.1. The van der Waals surface area contributed by atoms with Gasteiger partial charge in [-0.2, -0.15) is 0 Å². The predicted octanol–water partition coefficient (Wildman–Crippen LogP) is 4.72. The number of ether oxygens (including phenoxy) is 2. The summed E-state index contributed by atoms with van der Waals surface area (Å²) in [5, 5.41) is 28.5. The van der Waals surface area contributed by atoms with E-state index in [2.05, 4.69) is 17.2 Å². The highest BCUT2D eigenvalue weighted by Gasteiger charge is 2.68. The van der Waals surface area contributed by atoms with Crippen molar-refractivity contribution in [2.45, 2.75) is 76.6 Å². The van der Waals surface area contributed by atoms with Crippen LogP contribution in [0.5, 0.6) is 0 Å². The summed E-state index contributed by atoms with van der Waals surface area (Å²) in [7, 11) is 0. The minimum atomic E-state index is -1.78. The Kier molecular flexibility index (Phi) is 10.0. The quantitative estimate of drug-likeness (QED) is 0.197. The molecule has 0 spiro atoms. The van der Waals surface area contributed by atoms with Gasteiger partial charge in [-0.1, -0.05) is 55.8 Å². The third-order valence-corrected chi connectivity index (χ3v) is 14.1. The number of allylic oxidation sites excluding steroid dienone is 4. The summed E-state index contributed by atoms with van der Waals surface area (Å²) in [6.45, 7) is 3.38. The summed E-state index contributed by atoms with van der Waals surface area (Å²) >= 11 is 0. The van der Waals surface area contributed by atoms with Gasteiger partial charge in [0.25, 0.3) is 0 Å². The van der Waals surface area contributed by atoms with Gasteiger partial charge < -0.3 is 30.7 Å². The molecule has 10 atom stereocenters. The maximum Gasteiger partial charge on any atom is 0.310 e. The van der Waals surface area contributed by atoms with Crippen LogP contribution in [0.2, 0.25) is 0 Å². The Hall–Kier alpha value is -5.04. The average molecular weight is 776 g/mol. The number of esters is 2. The lowest BCUT2D eigenvalue weighted by Gasteiger charge is -2.59. The maximum absolute atomic E-state index is 13.7. The maximum atomic E-state index is 13.7. The van der Waals surface area contributed by atoms with Gasteiger partial charge in [0.2, 0.25) is 11.7 Å². The normalized spacial score (nSPS) is 32.9. The molecule has 8 rings (SSSR count). The monoisotopic (exact) mass is 775 g/mol. The number of aliphatic hydroxyl groups is 2. The molecule has 298 valence electrons. The Morgan fingerprint density at radius 2 is 1.75 bits per heavy atom. The fourth-order valence-corrected chi connectivity index (χ4v) is 10.8. The second kappa shape index (κ2) is 14.7. The number of fused-ring (bicyclic) bond motifs is 6. The number of aliphatic hydroxyl groups excluding tert-OH is 1. The fraction of sp³-hybridized carbons (Fsp3) is 0.467. The molecule has 5 aliphatic carbocycles. The minimum absolute atomic E-state index is 0.0281. The molecule has 0 saturated heterocycles. The van der Waals surface area contributed by atoms with Crippen LogP contribution >= 0.6 is 0 Å². The highest BCUT2D eigenvalue weighted by molar-refractivity contribution is 6.01. The second-order valence-electron chi connectivity index (χ2n) is 17.2. The van der Waals surface area contributed by atoms with Gasteiger partial charge in [0.1, 0.15) is 12.2 Å². The van der Waals surface area contributed by atoms with Gasteiger partial charge in [0.05, 0.1) is 23.9 Å². The Labute approximate surface area is 330 Å². The molecule has 5 aliphatic rings. The van der Waals surface area contributed by atoms with Gasteiger partial charge in [0, 0.05) is 46.8 Å². The van der Waals surface area contributed by atoms with Crippen LogP contribution in [0, 0.1) is 40.4 Å². The molecule has 3 unspecified atom stereocenters. The number of rotatable bonds is 11. The Morgan fingerprint density at radius 3 is 2.51 bits per heavy atom. The summed E-state index contributed by atoms with van der Waals surface area (Å²) in [5.41, 5.74) is 5.92. The first-order valence-electron chi connectivity index (χ1n) is 19.9. The zero-order valence-corrected chi connectivity index (χ0v) is 32.2. The molecule has 2 aromatic carbocycles. The molecule has 4 fully saturated rings. The Bertz CT molecular complexity index is 2200. The smallest absolute Gasteiger partial charge is 0.310 e. The van der Waals surface area contributed by atoms with E-state index in [4.69, 9.17) is 15.2 Å². The zero-order valence-electron chi connectivity index (χ0n) is 32.2. The van der Waals surface area contributed by atoms with Crippen LogP contribution in [0.4, 0.5) is 5.69 Å². The van der Waals surface area contributed by atoms with Crippen LogP contribution in [0.25, 0.3) is 10.8 Å². The molecule has 12 nitrogen and oxygen atoms in total. The van der Waals surface area contributed by atoms with E-state index in [9.17, 15) is 34.2 Å². The molecule has 0 radical (unpaired) electrons. The number of benzene rings is 2. The molecule has 4 saturated carbocycles. The Balaban J connectivity index is 0.814. The fourth-order valence-electron chi connectivity index (χ4n) is 10.8. The SMILES string of the molecule is C[C@]12C=CC(=O)C=C1CC[C@@H]1[C@@H]2[C@@H](O)C[C@@]2(C)[C@H]1CC[C@]2(O)C(=O)COC(=O)C1CC1C(=O)OCc1ccc(C(CN)C(=O)Nc2ccc3cnccc3c2)cc1. The largest absolute Gasteiger partial charge is 0.461 e. The van der Waals surface area contributed by atoms with E-state index in [0.717, 1.165) is 29.2 Å². The van der Waals surface area contributed by atoms with Crippen molar-refractivity contribution in [1.29, 1.82) is 0 Å². The van der Waals surface area contributed by atoms with Crippen LogP contribution in [-0.2, 0) is 40.1 Å². The van der Waals surface area contributed by atoms with Gasteiger partial charge >= 0.3 is 11.9 Å². The van der Waals surface area contributed by atoms with Crippen LogP contribution in [-0.4, -0.2) is 69.5 Å². The molecule has 57 heavy (non-hydrogen) atoms. The van der Waals surface area contributed by atoms with Gasteiger partial charge in [0.15, 0.2) is 12.4 Å². The zero-order chi connectivity index (χ0) is 40.3. The van der Waals surface area contributed by atoms with E-state index in [1.54, 1.807) is 48.8 Å². The van der Waals surface area contributed by atoms with Crippen LogP contribution < -0.4 is 11.1 Å². The Morgan fingerprint density at radius 1 is 1.00 bits per heavy atom. The minimum Gasteiger partial charge on any atom is -0.461 e. The van der Waals surface area contributed by atoms with Crippen LogP contribution in [0.1, 0.15) is 69.4 Å². The van der Waals surface area contributed by atoms with E-state index in [0.29, 0.717) is 23.2 Å². The summed E-state index contributed by atoms with van der Waals surface area (Å²) in [4.78, 5) is 68.9. The highest BCUT2D eigenvalue weighted by Crippen LogP contribution is 2.67. The number of Topliss-reactive ketones (excluding diaryl/α,β-unsaturated/α-hetero) is 1. The number of ketones is 2. The van der Waals surface area contributed by atoms with Crippen molar-refractivity contribution < 1.29 is 43.7 Å².